The van der Waals surface area contributed by atoms with Gasteiger partial charge in [0.25, 0.3) is 0 Å². The minimum absolute atomic E-state index is 1.34. The van der Waals surface area contributed by atoms with Gasteiger partial charge in [0, 0.05) is 0 Å². The van der Waals surface area contributed by atoms with Gasteiger partial charge in [-0.15, -0.1) is 0 Å². The lowest BCUT2D eigenvalue weighted by Crippen LogP contribution is -1.99. The van der Waals surface area contributed by atoms with Crippen LogP contribution in [0, 0.1) is 34.6 Å². The molecular formula is C24H35NS. The fraction of sp³-hybridized carbons (Fsp3) is 0.333. The fourth-order valence-electron chi connectivity index (χ4n) is 1.95. The average Bonchev–Trinajstić information content (AvgIpc) is 2.98. The molecule has 1 aromatic heterocycles. The molecule has 1 nitrogen and oxygen atoms in total. The van der Waals surface area contributed by atoms with Gasteiger partial charge >= 0.3 is 0 Å². The summed E-state index contributed by atoms with van der Waals surface area (Å²) in [6, 6.07) is 19.0. The maximum atomic E-state index is 2.17. The monoisotopic (exact) mass is 369 g/mol. The largest absolute Gasteiger partial charge is 0.312 e. The van der Waals surface area contributed by atoms with Crippen LogP contribution in [0.15, 0.2) is 65.4 Å². The van der Waals surface area contributed by atoms with E-state index in [2.05, 4.69) is 100.0 Å². The smallest absolute Gasteiger partial charge is 0.00641 e. The molecule has 0 N–H and O–H groups in total. The van der Waals surface area contributed by atoms with Crippen LogP contribution in [-0.2, 0) is 0 Å². The first-order valence-electron chi connectivity index (χ1n) is 8.87. The van der Waals surface area contributed by atoms with Crippen LogP contribution in [-0.4, -0.2) is 26.0 Å². The standard InChI is InChI=1S/2C8H10.C5H6S.C3H9N/c2*1-7-4-3-5-8(2)6-7;1-5-2-3-6-4-5;1-4(2)3/h2*3-6H,1-2H3;2-4H,1H3;1-3H3. The molecular weight excluding hydrogens is 334 g/mol. The van der Waals surface area contributed by atoms with Gasteiger partial charge in [-0.3, -0.25) is 0 Å². The van der Waals surface area contributed by atoms with E-state index in [9.17, 15) is 0 Å². The van der Waals surface area contributed by atoms with Gasteiger partial charge in [-0.2, -0.15) is 11.3 Å². The van der Waals surface area contributed by atoms with Gasteiger partial charge in [0.2, 0.25) is 0 Å². The predicted molar refractivity (Wildman–Crippen MR) is 120 cm³/mol. The quantitative estimate of drug-likeness (QED) is 0.419. The topological polar surface area (TPSA) is 3.24 Å². The van der Waals surface area contributed by atoms with Crippen LogP contribution in [0.3, 0.4) is 0 Å². The molecule has 3 rings (SSSR count). The van der Waals surface area contributed by atoms with Crippen LogP contribution in [0.5, 0.6) is 0 Å². The van der Waals surface area contributed by atoms with E-state index in [4.69, 9.17) is 0 Å². The third kappa shape index (κ3) is 15.6. The first-order chi connectivity index (χ1) is 12.2. The second-order valence-corrected chi connectivity index (χ2v) is 7.74. The highest BCUT2D eigenvalue weighted by atomic mass is 32.1. The molecule has 0 bridgehead atoms. The SMILES string of the molecule is CN(C)C.Cc1cccc(C)c1.Cc1cccc(C)c1.Cc1ccsc1. The maximum absolute atomic E-state index is 2.17. The number of nitrogens with zero attached hydrogens (tertiary/aromatic N) is 1. The molecule has 0 saturated carbocycles. The highest BCUT2D eigenvalue weighted by molar-refractivity contribution is 7.07. The summed E-state index contributed by atoms with van der Waals surface area (Å²) in [5, 5.41) is 4.20. The minimum Gasteiger partial charge on any atom is -0.312 e. The molecule has 0 spiro atoms. The third-order valence-electron chi connectivity index (χ3n) is 3.01. The molecule has 1 heterocycles. The van der Waals surface area contributed by atoms with Gasteiger partial charge in [-0.1, -0.05) is 70.8 Å². The van der Waals surface area contributed by atoms with Crippen molar-refractivity contribution in [3.63, 3.8) is 0 Å². The van der Waals surface area contributed by atoms with Crippen molar-refractivity contribution in [3.05, 3.63) is 93.2 Å². The summed E-state index contributed by atoms with van der Waals surface area (Å²) in [5.41, 5.74) is 6.71. The van der Waals surface area contributed by atoms with Crippen LogP contribution >= 0.6 is 11.3 Å². The minimum atomic E-state index is 1.34. The van der Waals surface area contributed by atoms with Crippen LogP contribution in [0.4, 0.5) is 0 Å². The molecule has 0 aliphatic heterocycles. The Morgan fingerprint density at radius 3 is 1.04 bits per heavy atom. The van der Waals surface area contributed by atoms with Gasteiger partial charge < -0.3 is 4.90 Å². The van der Waals surface area contributed by atoms with E-state index in [0.717, 1.165) is 0 Å². The number of rotatable bonds is 0. The Kier molecular flexibility index (Phi) is 13.2. The van der Waals surface area contributed by atoms with Crippen molar-refractivity contribution in [2.75, 3.05) is 21.1 Å². The average molecular weight is 370 g/mol. The zero-order valence-corrected chi connectivity index (χ0v) is 18.5. The lowest BCUT2D eigenvalue weighted by molar-refractivity contribution is 0.505. The molecule has 26 heavy (non-hydrogen) atoms. The molecule has 2 aromatic carbocycles. The molecule has 0 aliphatic rings. The van der Waals surface area contributed by atoms with Crippen LogP contribution < -0.4 is 0 Å². The van der Waals surface area contributed by atoms with E-state index in [-0.39, 0.29) is 0 Å². The summed E-state index contributed by atoms with van der Waals surface area (Å²) in [7, 11) is 6.00. The molecule has 142 valence electrons. The third-order valence-corrected chi connectivity index (χ3v) is 3.81. The van der Waals surface area contributed by atoms with E-state index in [1.165, 1.54) is 27.8 Å². The highest BCUT2D eigenvalue weighted by Gasteiger charge is 1.81. The van der Waals surface area contributed by atoms with Gasteiger partial charge in [-0.25, -0.2) is 0 Å². The second kappa shape index (κ2) is 14.3. The molecule has 0 amide bonds. The summed E-state index contributed by atoms with van der Waals surface area (Å²) >= 11 is 1.74. The van der Waals surface area contributed by atoms with Crippen molar-refractivity contribution < 1.29 is 0 Å². The van der Waals surface area contributed by atoms with Crippen LogP contribution in [0.2, 0.25) is 0 Å². The summed E-state index contributed by atoms with van der Waals surface area (Å²) < 4.78 is 0. The Morgan fingerprint density at radius 1 is 0.577 bits per heavy atom. The Labute approximate surface area is 165 Å². The van der Waals surface area contributed by atoms with Gasteiger partial charge in [-0.05, 0) is 78.2 Å². The van der Waals surface area contributed by atoms with E-state index in [1.807, 2.05) is 26.0 Å². The Morgan fingerprint density at radius 2 is 0.923 bits per heavy atom. The van der Waals surface area contributed by atoms with Crippen molar-refractivity contribution in [2.45, 2.75) is 34.6 Å². The summed E-state index contributed by atoms with van der Waals surface area (Å²) in [6.45, 7) is 10.5. The number of thiophene rings is 1. The molecule has 0 aliphatic carbocycles. The maximum Gasteiger partial charge on any atom is -0.00641 e. The van der Waals surface area contributed by atoms with Gasteiger partial charge in [0.05, 0.1) is 0 Å². The lowest BCUT2D eigenvalue weighted by atomic mass is 10.2. The summed E-state index contributed by atoms with van der Waals surface area (Å²) in [4.78, 5) is 2.00. The van der Waals surface area contributed by atoms with Crippen molar-refractivity contribution in [1.82, 2.24) is 4.90 Å². The summed E-state index contributed by atoms with van der Waals surface area (Å²) in [6.07, 6.45) is 0. The van der Waals surface area contributed by atoms with Crippen LogP contribution in [0.1, 0.15) is 27.8 Å². The van der Waals surface area contributed by atoms with E-state index in [1.54, 1.807) is 11.3 Å². The fourth-order valence-corrected chi connectivity index (χ4v) is 2.61. The Balaban J connectivity index is 0.000000331. The van der Waals surface area contributed by atoms with Crippen molar-refractivity contribution >= 4 is 11.3 Å². The van der Waals surface area contributed by atoms with E-state index < -0.39 is 0 Å². The molecule has 0 fully saturated rings. The normalized spacial score (nSPS) is 9.12. The molecule has 0 unspecified atom stereocenters. The van der Waals surface area contributed by atoms with E-state index >= 15 is 0 Å². The zero-order chi connectivity index (χ0) is 19.9. The van der Waals surface area contributed by atoms with E-state index in [0.29, 0.717) is 0 Å². The molecule has 2 heteroatoms. The lowest BCUT2D eigenvalue weighted by Gasteiger charge is -1.90. The second-order valence-electron chi connectivity index (χ2n) is 6.96. The summed E-state index contributed by atoms with van der Waals surface area (Å²) in [5.74, 6) is 0. The number of aryl methyl sites for hydroxylation is 5. The Hall–Kier alpha value is -1.90. The molecule has 0 radical (unpaired) electrons. The first kappa shape index (κ1) is 24.1. The highest BCUT2D eigenvalue weighted by Crippen LogP contribution is 2.02. The number of hydrogen-bond acceptors (Lipinski definition) is 2. The molecule has 0 atom stereocenters. The molecule has 3 aromatic rings. The van der Waals surface area contributed by atoms with Crippen molar-refractivity contribution in [1.29, 1.82) is 0 Å². The first-order valence-corrected chi connectivity index (χ1v) is 9.81. The van der Waals surface area contributed by atoms with Crippen LogP contribution in [0.25, 0.3) is 0 Å². The predicted octanol–water partition coefficient (Wildman–Crippen LogP) is 6.84. The number of hydrogen-bond donors (Lipinski definition) is 0. The molecule has 0 saturated heterocycles. The van der Waals surface area contributed by atoms with Crippen molar-refractivity contribution in [3.8, 4) is 0 Å². The van der Waals surface area contributed by atoms with Crippen molar-refractivity contribution in [2.24, 2.45) is 0 Å². The Bertz CT molecular complexity index is 619. The zero-order valence-electron chi connectivity index (χ0n) is 17.7. The van der Waals surface area contributed by atoms with Gasteiger partial charge in [0.1, 0.15) is 0 Å². The van der Waals surface area contributed by atoms with Gasteiger partial charge in [0.15, 0.2) is 0 Å². The number of benzene rings is 2.